The van der Waals surface area contributed by atoms with E-state index in [0.717, 1.165) is 33.9 Å². The molecule has 0 atom stereocenters. The van der Waals surface area contributed by atoms with Crippen LogP contribution < -0.4 is 0 Å². The lowest BCUT2D eigenvalue weighted by molar-refractivity contribution is 0.659. The lowest BCUT2D eigenvalue weighted by Gasteiger charge is -2.21. The van der Waals surface area contributed by atoms with Crippen LogP contribution in [0.4, 0.5) is 0 Å². The van der Waals surface area contributed by atoms with E-state index in [1.54, 1.807) is 0 Å². The number of rotatable bonds is 2. The molecule has 0 radical (unpaired) electrons. The van der Waals surface area contributed by atoms with E-state index in [9.17, 15) is 0 Å². The smallest absolute Gasteiger partial charge is 0.0753 e. The van der Waals surface area contributed by atoms with Crippen molar-refractivity contribution in [3.8, 4) is 45.0 Å². The molecule has 0 unspecified atom stereocenters. The number of hydrogen-bond acceptors (Lipinski definition) is 2. The Hall–Kier alpha value is -4.56. The zero-order chi connectivity index (χ0) is 27.2. The average Bonchev–Trinajstić information content (AvgIpc) is 3.36. The fraction of sp³-hybridized carbons (Fsp3) is 0.158. The zero-order valence-electron chi connectivity index (χ0n) is 23.3. The first-order chi connectivity index (χ1) is 19.3. The van der Waals surface area contributed by atoms with E-state index < -0.39 is 0 Å². The Balaban J connectivity index is 1.17. The highest BCUT2D eigenvalue weighted by Crippen LogP contribution is 2.49. The Bertz CT molecular complexity index is 1860. The molecule has 2 aromatic heterocycles. The van der Waals surface area contributed by atoms with Crippen LogP contribution >= 0.6 is 0 Å². The van der Waals surface area contributed by atoms with Gasteiger partial charge in [-0.2, -0.15) is 0 Å². The van der Waals surface area contributed by atoms with Crippen LogP contribution in [0, 0.1) is 0 Å². The van der Waals surface area contributed by atoms with Gasteiger partial charge >= 0.3 is 0 Å². The van der Waals surface area contributed by atoms with Gasteiger partial charge in [0.05, 0.1) is 22.8 Å². The van der Waals surface area contributed by atoms with Gasteiger partial charge in [0, 0.05) is 33.1 Å². The maximum Gasteiger partial charge on any atom is 0.0753 e. The fourth-order valence-electron chi connectivity index (χ4n) is 6.98. The van der Waals surface area contributed by atoms with Gasteiger partial charge in [0.15, 0.2) is 0 Å². The lowest BCUT2D eigenvalue weighted by Crippen LogP contribution is -2.14. The summed E-state index contributed by atoms with van der Waals surface area (Å²) in [6.07, 6.45) is 0. The minimum Gasteiger partial charge on any atom is -0.247 e. The maximum absolute atomic E-state index is 5.19. The predicted molar refractivity (Wildman–Crippen MR) is 166 cm³/mol. The summed E-state index contributed by atoms with van der Waals surface area (Å²) in [5.74, 6) is 0. The van der Waals surface area contributed by atoms with E-state index in [0.29, 0.717) is 0 Å². The van der Waals surface area contributed by atoms with E-state index in [1.165, 1.54) is 44.2 Å². The van der Waals surface area contributed by atoms with Gasteiger partial charge in [-0.25, -0.2) is 9.97 Å². The molecule has 2 nitrogen and oxygen atoms in total. The highest BCUT2D eigenvalue weighted by Gasteiger charge is 2.37. The van der Waals surface area contributed by atoms with Gasteiger partial charge in [0.25, 0.3) is 0 Å². The average molecular weight is 515 g/mol. The summed E-state index contributed by atoms with van der Waals surface area (Å²) in [4.78, 5) is 10.4. The number of benzene rings is 4. The minimum atomic E-state index is -0.0271. The topological polar surface area (TPSA) is 25.8 Å². The van der Waals surface area contributed by atoms with Crippen molar-refractivity contribution in [3.05, 3.63) is 131 Å². The molecule has 192 valence electrons. The summed E-state index contributed by atoms with van der Waals surface area (Å²) in [5, 5.41) is 2.41. The monoisotopic (exact) mass is 514 g/mol. The molecule has 0 bridgehead atoms. The second-order valence-corrected chi connectivity index (χ2v) is 12.3. The first kappa shape index (κ1) is 23.3. The van der Waals surface area contributed by atoms with Gasteiger partial charge in [-0.3, -0.25) is 0 Å². The fourth-order valence-corrected chi connectivity index (χ4v) is 6.98. The van der Waals surface area contributed by atoms with E-state index in [1.807, 2.05) is 0 Å². The van der Waals surface area contributed by atoms with Crippen LogP contribution in [0.25, 0.3) is 55.8 Å². The van der Waals surface area contributed by atoms with Crippen molar-refractivity contribution in [3.63, 3.8) is 0 Å². The molecule has 0 aliphatic heterocycles. The van der Waals surface area contributed by atoms with E-state index in [4.69, 9.17) is 9.97 Å². The summed E-state index contributed by atoms with van der Waals surface area (Å²) in [6.45, 7) is 9.18. The molecule has 8 rings (SSSR count). The molecule has 0 fully saturated rings. The van der Waals surface area contributed by atoms with Gasteiger partial charge in [-0.15, -0.1) is 0 Å². The molecule has 0 saturated carbocycles. The molecule has 6 aromatic rings. The van der Waals surface area contributed by atoms with Crippen LogP contribution in [0.5, 0.6) is 0 Å². The number of fused-ring (bicyclic) bond motifs is 7. The predicted octanol–water partition coefficient (Wildman–Crippen LogP) is 9.58. The maximum atomic E-state index is 5.19. The normalized spacial score (nSPS) is 15.4. The van der Waals surface area contributed by atoms with Crippen LogP contribution in [-0.2, 0) is 10.8 Å². The molecule has 0 N–H and O–H groups in total. The third-order valence-electron chi connectivity index (χ3n) is 9.28. The summed E-state index contributed by atoms with van der Waals surface area (Å²) in [6, 6.07) is 39.6. The van der Waals surface area contributed by atoms with Gasteiger partial charge in [-0.05, 0) is 57.3 Å². The highest BCUT2D eigenvalue weighted by atomic mass is 14.7. The molecule has 40 heavy (non-hydrogen) atoms. The van der Waals surface area contributed by atoms with E-state index in [-0.39, 0.29) is 10.8 Å². The molecule has 2 heterocycles. The SMILES string of the molecule is CC1(C)c2ccccc2-c2nc(-c3ccc4cc(-c5ccc6c(n5)-c5ccccc5C6(C)C)ccc4c3)ccc21. The standard InChI is InChI=1S/C38H30N2/c1-37(2)29-11-7-5-9-27(29)35-31(37)17-19-33(39-35)25-15-13-24-22-26(16-14-23(24)21-25)34-20-18-32-36(40-34)28-10-6-8-12-30(28)38(32,3)4/h5-22H,1-4H3. The van der Waals surface area contributed by atoms with Crippen molar-refractivity contribution in [2.75, 3.05) is 0 Å². The van der Waals surface area contributed by atoms with Crippen LogP contribution in [0.3, 0.4) is 0 Å². The molecule has 0 amide bonds. The van der Waals surface area contributed by atoms with Crippen LogP contribution in [0.1, 0.15) is 49.9 Å². The Kier molecular flexibility index (Phi) is 4.66. The zero-order valence-corrected chi connectivity index (χ0v) is 23.3. The lowest BCUT2D eigenvalue weighted by atomic mass is 9.83. The second-order valence-electron chi connectivity index (χ2n) is 12.3. The summed E-state index contributed by atoms with van der Waals surface area (Å²) in [7, 11) is 0. The van der Waals surface area contributed by atoms with Crippen LogP contribution in [-0.4, -0.2) is 9.97 Å². The molecular weight excluding hydrogens is 484 g/mol. The number of aromatic nitrogens is 2. The first-order valence-electron chi connectivity index (χ1n) is 14.1. The quantitative estimate of drug-likeness (QED) is 0.230. The third kappa shape index (κ3) is 3.17. The summed E-state index contributed by atoms with van der Waals surface area (Å²) in [5.41, 5.74) is 14.3. The Morgan fingerprint density at radius 1 is 0.425 bits per heavy atom. The molecule has 2 aliphatic rings. The van der Waals surface area contributed by atoms with Gasteiger partial charge in [0.2, 0.25) is 0 Å². The largest absolute Gasteiger partial charge is 0.247 e. The van der Waals surface area contributed by atoms with E-state index >= 15 is 0 Å². The summed E-state index contributed by atoms with van der Waals surface area (Å²) >= 11 is 0. The number of nitrogens with zero attached hydrogens (tertiary/aromatic N) is 2. The molecule has 0 spiro atoms. The molecule has 2 heteroatoms. The summed E-state index contributed by atoms with van der Waals surface area (Å²) < 4.78 is 0. The van der Waals surface area contributed by atoms with Crippen molar-refractivity contribution in [1.82, 2.24) is 9.97 Å². The molecular formula is C38H30N2. The van der Waals surface area contributed by atoms with Crippen LogP contribution in [0.2, 0.25) is 0 Å². The van der Waals surface area contributed by atoms with Crippen molar-refractivity contribution in [2.45, 2.75) is 38.5 Å². The van der Waals surface area contributed by atoms with Crippen LogP contribution in [0.15, 0.2) is 109 Å². The van der Waals surface area contributed by atoms with E-state index in [2.05, 4.69) is 137 Å². The van der Waals surface area contributed by atoms with Gasteiger partial charge < -0.3 is 0 Å². The van der Waals surface area contributed by atoms with Gasteiger partial charge in [-0.1, -0.05) is 113 Å². The van der Waals surface area contributed by atoms with Crippen molar-refractivity contribution in [1.29, 1.82) is 0 Å². The molecule has 4 aromatic carbocycles. The Morgan fingerprint density at radius 3 is 1.30 bits per heavy atom. The van der Waals surface area contributed by atoms with Crippen molar-refractivity contribution >= 4 is 10.8 Å². The minimum absolute atomic E-state index is 0.0271. The molecule has 2 aliphatic carbocycles. The Labute approximate surface area is 235 Å². The second kappa shape index (κ2) is 7.99. The third-order valence-corrected chi connectivity index (χ3v) is 9.28. The van der Waals surface area contributed by atoms with Gasteiger partial charge in [0.1, 0.15) is 0 Å². The van der Waals surface area contributed by atoms with Crippen molar-refractivity contribution in [2.24, 2.45) is 0 Å². The number of hydrogen-bond donors (Lipinski definition) is 0. The first-order valence-corrected chi connectivity index (χ1v) is 14.1. The Morgan fingerprint density at radius 2 is 0.850 bits per heavy atom. The van der Waals surface area contributed by atoms with Crippen molar-refractivity contribution < 1.29 is 0 Å². The number of pyridine rings is 2. The highest BCUT2D eigenvalue weighted by molar-refractivity contribution is 5.91. The molecule has 0 saturated heterocycles.